The van der Waals surface area contributed by atoms with E-state index in [1.807, 2.05) is 36.4 Å². The first-order valence-electron chi connectivity index (χ1n) is 10.4. The number of hydrogen-bond donors (Lipinski definition) is 2. The van der Waals surface area contributed by atoms with E-state index in [0.717, 1.165) is 46.6 Å². The van der Waals surface area contributed by atoms with Gasteiger partial charge in [-0.3, -0.25) is 8.61 Å². The van der Waals surface area contributed by atoms with Gasteiger partial charge in [0.05, 0.1) is 11.4 Å². The molecule has 160 valence electrons. The predicted octanol–water partition coefficient (Wildman–Crippen LogP) is 3.85. The van der Waals surface area contributed by atoms with Crippen molar-refractivity contribution in [1.82, 2.24) is 4.98 Å². The molecule has 0 spiro atoms. The van der Waals surface area contributed by atoms with Crippen molar-refractivity contribution in [2.24, 2.45) is 5.92 Å². The van der Waals surface area contributed by atoms with E-state index in [-0.39, 0.29) is 0 Å². The molecular formula is C23H25N5O2S. The van der Waals surface area contributed by atoms with Crippen molar-refractivity contribution in [3.63, 3.8) is 0 Å². The maximum atomic E-state index is 12.9. The Hall–Kier alpha value is -3.26. The van der Waals surface area contributed by atoms with Crippen molar-refractivity contribution in [2.45, 2.75) is 19.4 Å². The highest BCUT2D eigenvalue weighted by molar-refractivity contribution is 7.94. The number of nitrogen functional groups attached to an aromatic ring is 1. The van der Waals surface area contributed by atoms with Crippen LogP contribution in [0.5, 0.6) is 0 Å². The van der Waals surface area contributed by atoms with Gasteiger partial charge in [0.2, 0.25) is 0 Å². The van der Waals surface area contributed by atoms with Gasteiger partial charge in [-0.2, -0.15) is 8.42 Å². The first-order chi connectivity index (χ1) is 14.9. The lowest BCUT2D eigenvalue weighted by molar-refractivity contribution is 0.590. The van der Waals surface area contributed by atoms with Crippen LogP contribution in [0.15, 0.2) is 60.8 Å². The van der Waals surface area contributed by atoms with Crippen LogP contribution < -0.4 is 19.7 Å². The van der Waals surface area contributed by atoms with Crippen LogP contribution in [0, 0.1) is 5.92 Å². The lowest BCUT2D eigenvalue weighted by atomic mass is 10.0. The van der Waals surface area contributed by atoms with Crippen molar-refractivity contribution in [1.29, 1.82) is 0 Å². The molecule has 8 heteroatoms. The van der Waals surface area contributed by atoms with Crippen LogP contribution in [0.3, 0.4) is 0 Å². The molecular weight excluding hydrogens is 410 g/mol. The monoisotopic (exact) mass is 435 g/mol. The summed E-state index contributed by atoms with van der Waals surface area (Å²) in [4.78, 5) is 4.01. The minimum Gasteiger partial charge on any atom is -0.384 e. The zero-order valence-corrected chi connectivity index (χ0v) is 18.1. The molecule has 2 aromatic carbocycles. The Balaban J connectivity index is 1.40. The van der Waals surface area contributed by atoms with Gasteiger partial charge in [0, 0.05) is 38.1 Å². The number of nitrogens with zero attached hydrogens (tertiary/aromatic N) is 3. The average Bonchev–Trinajstić information content (AvgIpc) is 3.57. The summed E-state index contributed by atoms with van der Waals surface area (Å²) >= 11 is 0. The van der Waals surface area contributed by atoms with Gasteiger partial charge in [-0.15, -0.1) is 0 Å². The summed E-state index contributed by atoms with van der Waals surface area (Å²) in [5.74, 6) is 0.959. The second-order valence-corrected chi connectivity index (χ2v) is 10.1. The average molecular weight is 436 g/mol. The Morgan fingerprint density at radius 3 is 2.65 bits per heavy atom. The number of aromatic nitrogens is 1. The van der Waals surface area contributed by atoms with Crippen LogP contribution in [0.1, 0.15) is 18.4 Å². The Bertz CT molecular complexity index is 1240. The number of anilines is 4. The molecule has 0 unspecified atom stereocenters. The molecule has 1 aliphatic heterocycles. The highest BCUT2D eigenvalue weighted by Gasteiger charge is 2.40. The van der Waals surface area contributed by atoms with E-state index in [1.165, 1.54) is 4.31 Å². The van der Waals surface area contributed by atoms with Gasteiger partial charge >= 0.3 is 10.2 Å². The fourth-order valence-corrected chi connectivity index (χ4v) is 5.41. The van der Waals surface area contributed by atoms with Gasteiger partial charge in [0.1, 0.15) is 5.82 Å². The molecule has 1 fully saturated rings. The molecule has 1 aliphatic carbocycles. The highest BCUT2D eigenvalue weighted by Crippen LogP contribution is 2.44. The van der Waals surface area contributed by atoms with Crippen molar-refractivity contribution < 1.29 is 8.42 Å². The third-order valence-corrected chi connectivity index (χ3v) is 7.66. The molecule has 0 amide bonds. The Kier molecular flexibility index (Phi) is 4.74. The van der Waals surface area contributed by atoms with E-state index >= 15 is 0 Å². The molecule has 0 bridgehead atoms. The van der Waals surface area contributed by atoms with E-state index in [0.29, 0.717) is 24.8 Å². The maximum Gasteiger partial charge on any atom is 0.326 e. The molecule has 3 aromatic rings. The number of rotatable bonds is 6. The summed E-state index contributed by atoms with van der Waals surface area (Å²) in [6.45, 7) is 1.21. The van der Waals surface area contributed by atoms with Crippen LogP contribution in [0.25, 0.3) is 11.1 Å². The standard InChI is InChI=1S/C23H25N5O2S/c1-27-22-12-19(7-8-21(22)28(31(27,29)30)15-16-5-6-16)18-4-2-3-17(11-18)14-26-20-9-10-25-23(24)13-20/h2-4,7-13,16H,5-6,14-15H2,1H3,(H3,24,25,26). The van der Waals surface area contributed by atoms with Crippen molar-refractivity contribution in [3.8, 4) is 11.1 Å². The number of benzene rings is 2. The van der Waals surface area contributed by atoms with Gasteiger partial charge in [-0.05, 0) is 59.7 Å². The highest BCUT2D eigenvalue weighted by atomic mass is 32.2. The molecule has 0 saturated heterocycles. The van der Waals surface area contributed by atoms with E-state index in [2.05, 4.69) is 22.4 Å². The largest absolute Gasteiger partial charge is 0.384 e. The molecule has 0 radical (unpaired) electrons. The normalized spacial score (nSPS) is 16.9. The van der Waals surface area contributed by atoms with Crippen molar-refractivity contribution in [3.05, 3.63) is 66.4 Å². The summed E-state index contributed by atoms with van der Waals surface area (Å²) < 4.78 is 28.7. The molecule has 5 rings (SSSR count). The third-order valence-electron chi connectivity index (χ3n) is 5.87. The molecule has 31 heavy (non-hydrogen) atoms. The second-order valence-electron chi connectivity index (χ2n) is 8.18. The number of fused-ring (bicyclic) bond motifs is 1. The molecule has 3 N–H and O–H groups in total. The number of nitrogens with two attached hydrogens (primary N) is 1. The predicted molar refractivity (Wildman–Crippen MR) is 125 cm³/mol. The topological polar surface area (TPSA) is 91.6 Å². The number of nitrogens with one attached hydrogen (secondary N) is 1. The maximum absolute atomic E-state index is 12.9. The first kappa shape index (κ1) is 19.7. The zero-order valence-electron chi connectivity index (χ0n) is 17.3. The minimum atomic E-state index is -3.49. The van der Waals surface area contributed by atoms with Gasteiger partial charge in [0.25, 0.3) is 0 Å². The SMILES string of the molecule is CN1c2cc(-c3cccc(CNc4ccnc(N)c4)c3)ccc2N(CC2CC2)S1(=O)=O. The van der Waals surface area contributed by atoms with Crippen molar-refractivity contribution >= 4 is 33.1 Å². The number of pyridine rings is 1. The fourth-order valence-electron chi connectivity index (χ4n) is 3.91. The minimum absolute atomic E-state index is 0.478. The Morgan fingerprint density at radius 2 is 1.87 bits per heavy atom. The zero-order chi connectivity index (χ0) is 21.6. The van der Waals surface area contributed by atoms with Gasteiger partial charge in [-0.25, -0.2) is 4.98 Å². The van der Waals surface area contributed by atoms with Crippen LogP contribution in [0.4, 0.5) is 22.9 Å². The van der Waals surface area contributed by atoms with E-state index in [9.17, 15) is 8.42 Å². The Labute approximate surface area is 182 Å². The van der Waals surface area contributed by atoms with E-state index < -0.39 is 10.2 Å². The molecule has 2 heterocycles. The second kappa shape index (κ2) is 7.46. The van der Waals surface area contributed by atoms with Crippen LogP contribution >= 0.6 is 0 Å². The lowest BCUT2D eigenvalue weighted by Crippen LogP contribution is -2.36. The summed E-state index contributed by atoms with van der Waals surface area (Å²) in [5.41, 5.74) is 11.3. The van der Waals surface area contributed by atoms with E-state index in [4.69, 9.17) is 5.73 Å². The molecule has 1 aromatic heterocycles. The first-order valence-corrected chi connectivity index (χ1v) is 11.8. The molecule has 2 aliphatic rings. The van der Waals surface area contributed by atoms with Crippen LogP contribution in [-0.4, -0.2) is 27.0 Å². The van der Waals surface area contributed by atoms with Gasteiger partial charge in [0.15, 0.2) is 0 Å². The quantitative estimate of drug-likeness (QED) is 0.614. The molecule has 7 nitrogen and oxygen atoms in total. The lowest BCUT2D eigenvalue weighted by Gasteiger charge is -2.18. The summed E-state index contributed by atoms with van der Waals surface area (Å²) in [6.07, 6.45) is 3.89. The summed E-state index contributed by atoms with van der Waals surface area (Å²) in [6, 6.07) is 17.8. The third kappa shape index (κ3) is 3.79. The van der Waals surface area contributed by atoms with Gasteiger partial charge in [-0.1, -0.05) is 24.3 Å². The summed E-state index contributed by atoms with van der Waals surface area (Å²) in [7, 11) is -1.86. The smallest absolute Gasteiger partial charge is 0.326 e. The number of hydrogen-bond acceptors (Lipinski definition) is 5. The van der Waals surface area contributed by atoms with Gasteiger partial charge < -0.3 is 11.1 Å². The van der Waals surface area contributed by atoms with E-state index in [1.54, 1.807) is 23.6 Å². The summed E-state index contributed by atoms with van der Waals surface area (Å²) in [5, 5.41) is 3.36. The fraction of sp³-hybridized carbons (Fsp3) is 0.261. The Morgan fingerprint density at radius 1 is 1.06 bits per heavy atom. The molecule has 1 saturated carbocycles. The molecule has 0 atom stereocenters. The van der Waals surface area contributed by atoms with Crippen molar-refractivity contribution in [2.75, 3.05) is 33.3 Å². The van der Waals surface area contributed by atoms with Crippen LogP contribution in [-0.2, 0) is 16.8 Å². The van der Waals surface area contributed by atoms with Crippen LogP contribution in [0.2, 0.25) is 0 Å².